The lowest BCUT2D eigenvalue weighted by molar-refractivity contribution is -0.139. The minimum atomic E-state index is -2.69. The summed E-state index contributed by atoms with van der Waals surface area (Å²) in [4.78, 5) is 21.5. The number of hydrogen-bond donors (Lipinski definition) is 2. The van der Waals surface area contributed by atoms with E-state index < -0.39 is 30.4 Å². The van der Waals surface area contributed by atoms with Gasteiger partial charge >= 0.3 is 12.1 Å². The molecule has 1 atom stereocenters. The first-order chi connectivity index (χ1) is 6.60. The van der Waals surface area contributed by atoms with Crippen LogP contribution in [-0.2, 0) is 9.53 Å². The fourth-order valence-electron chi connectivity index (χ4n) is 0.571. The predicted octanol–water partition coefficient (Wildman–Crippen LogP) is 0.934. The molecule has 0 saturated carbocycles. The Morgan fingerprint density at radius 3 is 2.43 bits per heavy atom. The van der Waals surface area contributed by atoms with Gasteiger partial charge in [-0.25, -0.2) is 14.0 Å². The number of amides is 1. The molecule has 1 amide bonds. The van der Waals surface area contributed by atoms with E-state index in [9.17, 15) is 14.0 Å². The summed E-state index contributed by atoms with van der Waals surface area (Å²) in [7, 11) is 0. The highest BCUT2D eigenvalue weighted by atomic mass is 19.1. The second-order valence-electron chi connectivity index (χ2n) is 3.54. The van der Waals surface area contributed by atoms with Crippen LogP contribution in [0.3, 0.4) is 0 Å². The number of rotatable bonds is 3. The van der Waals surface area contributed by atoms with Gasteiger partial charge in [-0.15, -0.1) is 0 Å². The van der Waals surface area contributed by atoms with Crippen molar-refractivity contribution in [2.45, 2.75) is 32.4 Å². The first kappa shape index (κ1) is 10.7. The zero-order valence-corrected chi connectivity index (χ0v) is 8.26. The summed E-state index contributed by atoms with van der Waals surface area (Å²) in [5.74, 6) is -1.78. The molecule has 0 aliphatic heterocycles. The number of carboxylic acids is 1. The largest absolute Gasteiger partial charge is 0.480 e. The van der Waals surface area contributed by atoms with E-state index >= 15 is 0 Å². The molecule has 6 heteroatoms. The van der Waals surface area contributed by atoms with E-state index in [4.69, 9.17) is 6.48 Å². The van der Waals surface area contributed by atoms with Gasteiger partial charge in [-0.05, 0) is 20.8 Å². The first-order valence-electron chi connectivity index (χ1n) is 4.41. The summed E-state index contributed by atoms with van der Waals surface area (Å²) >= 11 is 0. The third kappa shape index (κ3) is 5.34. The molecule has 0 aromatic rings. The standard InChI is InChI=1S/C8H14FNO4/c1-8(2,3)14-7(13)10-5(4-9)6(11)12/h5H,4H2,1-3H3,(H,10,13)(H,11,12)/t5-/m1/s1/i5D. The van der Waals surface area contributed by atoms with Gasteiger partial charge < -0.3 is 15.2 Å². The Morgan fingerprint density at radius 1 is 1.64 bits per heavy atom. The fourth-order valence-corrected chi connectivity index (χ4v) is 0.571. The number of hydrogen-bond acceptors (Lipinski definition) is 3. The average molecular weight is 208 g/mol. The van der Waals surface area contributed by atoms with Crippen LogP contribution in [0.1, 0.15) is 22.1 Å². The van der Waals surface area contributed by atoms with Crippen molar-refractivity contribution in [1.29, 1.82) is 0 Å². The van der Waals surface area contributed by atoms with E-state index in [0.717, 1.165) is 0 Å². The van der Waals surface area contributed by atoms with E-state index in [2.05, 4.69) is 4.74 Å². The third-order valence-electron chi connectivity index (χ3n) is 1.04. The van der Waals surface area contributed by atoms with Crippen LogP contribution in [0.2, 0.25) is 0 Å². The van der Waals surface area contributed by atoms with Crippen molar-refractivity contribution >= 4 is 12.1 Å². The molecule has 0 aromatic heterocycles. The van der Waals surface area contributed by atoms with Crippen LogP contribution in [0.4, 0.5) is 9.18 Å². The fraction of sp³-hybridized carbons (Fsp3) is 0.750. The maximum absolute atomic E-state index is 12.2. The summed E-state index contributed by atoms with van der Waals surface area (Å²) in [5, 5.41) is 10.1. The van der Waals surface area contributed by atoms with Gasteiger partial charge in [0.1, 0.15) is 12.3 Å². The SMILES string of the molecule is [2H][C@](CF)(NC(=O)OC(C)(C)C)C(=O)O. The smallest absolute Gasteiger partial charge is 0.408 e. The Bertz CT molecular complexity index is 266. The molecule has 0 heterocycles. The highest BCUT2D eigenvalue weighted by Crippen LogP contribution is 2.06. The minimum Gasteiger partial charge on any atom is -0.480 e. The van der Waals surface area contributed by atoms with Gasteiger partial charge in [-0.1, -0.05) is 0 Å². The molecule has 0 aliphatic carbocycles. The molecular weight excluding hydrogens is 193 g/mol. The third-order valence-corrected chi connectivity index (χ3v) is 1.04. The van der Waals surface area contributed by atoms with E-state index in [-0.39, 0.29) is 0 Å². The topological polar surface area (TPSA) is 75.6 Å². The van der Waals surface area contributed by atoms with Crippen molar-refractivity contribution in [2.75, 3.05) is 6.67 Å². The van der Waals surface area contributed by atoms with Crippen LogP contribution in [0.5, 0.6) is 0 Å². The maximum Gasteiger partial charge on any atom is 0.408 e. The van der Waals surface area contributed by atoms with Gasteiger partial charge in [0, 0.05) is 0 Å². The molecule has 0 saturated heterocycles. The summed E-state index contributed by atoms with van der Waals surface area (Å²) in [5.41, 5.74) is -0.834. The molecule has 82 valence electrons. The van der Waals surface area contributed by atoms with Gasteiger partial charge in [-0.2, -0.15) is 0 Å². The number of aliphatic carboxylic acids is 1. The van der Waals surface area contributed by atoms with Crippen LogP contribution in [0.25, 0.3) is 0 Å². The number of ether oxygens (including phenoxy) is 1. The zero-order chi connectivity index (χ0) is 12.3. The Balaban J connectivity index is 4.45. The van der Waals surface area contributed by atoms with E-state index in [1.807, 2.05) is 0 Å². The Morgan fingerprint density at radius 2 is 2.14 bits per heavy atom. The molecule has 0 aliphatic rings. The van der Waals surface area contributed by atoms with Crippen LogP contribution in [0.15, 0.2) is 0 Å². The average Bonchev–Trinajstić information content (AvgIpc) is 1.99. The number of alkyl carbamates (subject to hydrolysis) is 1. The molecule has 0 radical (unpaired) electrons. The Hall–Kier alpha value is -1.33. The normalized spacial score (nSPS) is 16.4. The van der Waals surface area contributed by atoms with Crippen molar-refractivity contribution in [2.24, 2.45) is 0 Å². The van der Waals surface area contributed by atoms with Crippen LogP contribution in [0, 0.1) is 0 Å². The number of carbonyl (C=O) groups is 2. The van der Waals surface area contributed by atoms with Crippen molar-refractivity contribution in [3.05, 3.63) is 0 Å². The molecule has 0 fully saturated rings. The number of nitrogens with one attached hydrogen (secondary N) is 1. The van der Waals surface area contributed by atoms with Crippen molar-refractivity contribution in [1.82, 2.24) is 5.32 Å². The minimum absolute atomic E-state index is 0.834. The van der Waals surface area contributed by atoms with E-state index in [1.165, 1.54) is 0 Å². The van der Waals surface area contributed by atoms with Crippen molar-refractivity contribution in [3.63, 3.8) is 0 Å². The molecule has 0 unspecified atom stereocenters. The lowest BCUT2D eigenvalue weighted by Gasteiger charge is -2.20. The molecule has 14 heavy (non-hydrogen) atoms. The van der Waals surface area contributed by atoms with Gasteiger partial charge in [0.2, 0.25) is 0 Å². The molecule has 0 spiro atoms. The van der Waals surface area contributed by atoms with Crippen molar-refractivity contribution in [3.8, 4) is 0 Å². The van der Waals surface area contributed by atoms with Crippen LogP contribution in [-0.4, -0.2) is 35.5 Å². The Labute approximate surface area is 82.6 Å². The maximum atomic E-state index is 12.2. The number of alkyl halides is 1. The molecule has 5 nitrogen and oxygen atoms in total. The molecule has 2 N–H and O–H groups in total. The summed E-state index contributed by atoms with van der Waals surface area (Å²) in [6, 6.07) is -2.69. The predicted molar refractivity (Wildman–Crippen MR) is 46.8 cm³/mol. The highest BCUT2D eigenvalue weighted by molar-refractivity contribution is 5.80. The number of halogens is 1. The summed E-state index contributed by atoms with van der Waals surface area (Å²) in [6.45, 7) is 3.15. The monoisotopic (exact) mass is 208 g/mol. The molecule has 0 aromatic carbocycles. The van der Waals surface area contributed by atoms with Crippen LogP contribution < -0.4 is 5.32 Å². The number of carboxylic acid groups (broad SMARTS) is 1. The van der Waals surface area contributed by atoms with Gasteiger partial charge in [0.15, 0.2) is 6.02 Å². The van der Waals surface area contributed by atoms with Gasteiger partial charge in [0.05, 0.1) is 1.37 Å². The summed E-state index contributed by atoms with van der Waals surface area (Å²) < 4.78 is 24.0. The molecule has 0 rings (SSSR count). The zero-order valence-electron chi connectivity index (χ0n) is 9.26. The van der Waals surface area contributed by atoms with E-state index in [1.54, 1.807) is 26.1 Å². The first-order valence-corrected chi connectivity index (χ1v) is 3.91. The number of carbonyl (C=O) groups excluding carboxylic acids is 1. The van der Waals surface area contributed by atoms with Gasteiger partial charge in [0.25, 0.3) is 0 Å². The lowest BCUT2D eigenvalue weighted by Crippen LogP contribution is -2.44. The second kappa shape index (κ2) is 4.78. The highest BCUT2D eigenvalue weighted by Gasteiger charge is 2.23. The second-order valence-corrected chi connectivity index (χ2v) is 3.54. The summed E-state index contributed by atoms with van der Waals surface area (Å²) in [6.07, 6.45) is -1.14. The quantitative estimate of drug-likeness (QED) is 0.723. The van der Waals surface area contributed by atoms with Crippen molar-refractivity contribution < 1.29 is 25.2 Å². The molecule has 0 bridgehead atoms. The van der Waals surface area contributed by atoms with Crippen LogP contribution >= 0.6 is 0 Å². The lowest BCUT2D eigenvalue weighted by atomic mass is 10.2. The Kier molecular flexibility index (Phi) is 3.67. The van der Waals surface area contributed by atoms with Gasteiger partial charge in [-0.3, -0.25) is 0 Å². The molecular formula is C8H14FNO4. The van der Waals surface area contributed by atoms with E-state index in [0.29, 0.717) is 0 Å².